The molecule has 0 saturated carbocycles. The van der Waals surface area contributed by atoms with Crippen molar-refractivity contribution in [2.24, 2.45) is 0 Å². The van der Waals surface area contributed by atoms with Gasteiger partial charge >= 0.3 is 30.7 Å². The summed E-state index contributed by atoms with van der Waals surface area (Å²) in [5.41, 5.74) is 1.32. The molecule has 3 atom stereocenters. The Morgan fingerprint density at radius 1 is 0.580 bits per heavy atom. The zero-order valence-corrected chi connectivity index (χ0v) is 36.4. The number of halogens is 12. The molecule has 1 fully saturated rings. The molecular formula is C49H45F12NO7. The molecule has 4 aromatic rings. The molecule has 372 valence electrons. The van der Waals surface area contributed by atoms with E-state index in [0.29, 0.717) is 62.1 Å². The third-order valence-corrected chi connectivity index (χ3v) is 11.3. The van der Waals surface area contributed by atoms with E-state index in [9.17, 15) is 62.3 Å². The first-order valence-electron chi connectivity index (χ1n) is 21.6. The Morgan fingerprint density at radius 3 is 1.41 bits per heavy atom. The average molecular weight is 988 g/mol. The number of ether oxygens (including phenoxy) is 3. The maximum Gasteiger partial charge on any atom is 0.416 e. The number of hydroxylamine groups is 1. The van der Waals surface area contributed by atoms with Crippen LogP contribution < -0.4 is 5.48 Å². The largest absolute Gasteiger partial charge is 0.478 e. The van der Waals surface area contributed by atoms with Crippen LogP contribution >= 0.6 is 0 Å². The number of hydrogen-bond acceptors (Lipinski definition) is 6. The van der Waals surface area contributed by atoms with E-state index in [1.165, 1.54) is 12.2 Å². The molecule has 8 nitrogen and oxygen atoms in total. The van der Waals surface area contributed by atoms with Gasteiger partial charge in [0.25, 0.3) is 5.91 Å². The summed E-state index contributed by atoms with van der Waals surface area (Å²) in [7, 11) is 0. The molecule has 4 aromatic carbocycles. The number of benzene rings is 4. The highest BCUT2D eigenvalue weighted by atomic mass is 19.4. The summed E-state index contributed by atoms with van der Waals surface area (Å²) in [5.74, 6) is -1.53. The van der Waals surface area contributed by atoms with E-state index in [1.807, 2.05) is 6.07 Å². The SMILES string of the molecule is O=C(/C=C/c1ccc2c(c1)CCCC2OCc1cc(C(F)(F)F)cc(C(F)(F)F)c1)NOC1CCCCO1.O=C(O)/C=C/c1ccc2c(c1)CCCC2OCc1cc(C(F)(F)F)cc(C(F)(F)F)c1. The summed E-state index contributed by atoms with van der Waals surface area (Å²) in [6.07, 6.45) is -9.00. The Bertz CT molecular complexity index is 2420. The number of carboxylic acid groups (broad SMARTS) is 1. The summed E-state index contributed by atoms with van der Waals surface area (Å²) >= 11 is 0. The molecule has 0 spiro atoms. The zero-order chi connectivity index (χ0) is 50.1. The molecule has 0 bridgehead atoms. The maximum absolute atomic E-state index is 13.2. The third-order valence-electron chi connectivity index (χ3n) is 11.3. The van der Waals surface area contributed by atoms with E-state index >= 15 is 0 Å². The standard InChI is InChI=1S/C27H27F6NO4.C22H18F6O3/c28-26(29,30)20-13-18(14-21(15-20)27(31,32)33)16-37-23-5-3-4-19-12-17(7-9-22(19)23)8-10-24(35)34-38-25-6-1-2-11-36-25;23-21(24,25)16-9-14(10-17(11-16)22(26,27)28)12-31-19-3-1-2-15-8-13(4-6-18(15)19)5-7-20(29)30/h7-10,12-15,23,25H,1-6,11,16H2,(H,34,35);4-11,19H,1-3,12H2,(H,29,30)/b10-8+;7-5+. The Kier molecular flexibility index (Phi) is 17.1. The smallest absolute Gasteiger partial charge is 0.416 e. The molecule has 20 heteroatoms. The fourth-order valence-corrected chi connectivity index (χ4v) is 8.03. The number of rotatable bonds is 12. The number of fused-ring (bicyclic) bond motifs is 2. The molecule has 3 aliphatic rings. The van der Waals surface area contributed by atoms with Crippen molar-refractivity contribution in [1.82, 2.24) is 5.48 Å². The maximum atomic E-state index is 13.2. The second kappa shape index (κ2) is 22.4. The molecule has 69 heavy (non-hydrogen) atoms. The highest BCUT2D eigenvalue weighted by molar-refractivity contribution is 5.91. The summed E-state index contributed by atoms with van der Waals surface area (Å²) in [6, 6.07) is 13.6. The average Bonchev–Trinajstić information content (AvgIpc) is 3.29. The van der Waals surface area contributed by atoms with Crippen LogP contribution in [0.5, 0.6) is 0 Å². The van der Waals surface area contributed by atoms with Crippen LogP contribution in [0.4, 0.5) is 52.7 Å². The van der Waals surface area contributed by atoms with Crippen molar-refractivity contribution in [3.63, 3.8) is 0 Å². The van der Waals surface area contributed by atoms with Gasteiger partial charge in [0.05, 0.1) is 47.7 Å². The number of amides is 1. The van der Waals surface area contributed by atoms with Crippen molar-refractivity contribution in [2.45, 2.75) is 114 Å². The van der Waals surface area contributed by atoms with Gasteiger partial charge in [-0.3, -0.25) is 4.79 Å². The minimum Gasteiger partial charge on any atom is -0.478 e. The monoisotopic (exact) mass is 987 g/mol. The predicted octanol–water partition coefficient (Wildman–Crippen LogP) is 13.3. The van der Waals surface area contributed by atoms with Gasteiger partial charge in [0.2, 0.25) is 0 Å². The van der Waals surface area contributed by atoms with Crippen molar-refractivity contribution < 1.29 is 86.4 Å². The predicted molar refractivity (Wildman–Crippen MR) is 225 cm³/mol. The minimum atomic E-state index is -4.91. The summed E-state index contributed by atoms with van der Waals surface area (Å²) in [6.45, 7) is -0.216. The van der Waals surface area contributed by atoms with Crippen LogP contribution in [0.3, 0.4) is 0 Å². The number of nitrogens with one attached hydrogen (secondary N) is 1. The molecule has 1 amide bonds. The van der Waals surface area contributed by atoms with Crippen molar-refractivity contribution >= 4 is 24.0 Å². The van der Waals surface area contributed by atoms with Gasteiger partial charge in [-0.1, -0.05) is 36.4 Å². The fourth-order valence-electron chi connectivity index (χ4n) is 8.03. The minimum absolute atomic E-state index is 0.0889. The van der Waals surface area contributed by atoms with Gasteiger partial charge in [-0.2, -0.15) is 52.7 Å². The number of carboxylic acids is 1. The van der Waals surface area contributed by atoms with E-state index < -0.39 is 90.5 Å². The second-order valence-corrected chi connectivity index (χ2v) is 16.5. The lowest BCUT2D eigenvalue weighted by Gasteiger charge is -2.26. The van der Waals surface area contributed by atoms with Crippen molar-refractivity contribution in [3.05, 3.63) is 152 Å². The number of carbonyl (C=O) groups excluding carboxylic acids is 1. The van der Waals surface area contributed by atoms with E-state index in [0.717, 1.165) is 66.0 Å². The van der Waals surface area contributed by atoms with Crippen LogP contribution in [-0.4, -0.2) is 29.9 Å². The van der Waals surface area contributed by atoms with E-state index in [4.69, 9.17) is 24.2 Å². The number of hydrogen-bond donors (Lipinski definition) is 2. The second-order valence-electron chi connectivity index (χ2n) is 16.5. The number of aryl methyl sites for hydroxylation is 2. The van der Waals surface area contributed by atoms with Crippen molar-refractivity contribution in [2.75, 3.05) is 6.61 Å². The van der Waals surface area contributed by atoms with Crippen LogP contribution in [0, 0.1) is 0 Å². The molecule has 1 aliphatic heterocycles. The molecule has 1 heterocycles. The van der Waals surface area contributed by atoms with E-state index in [-0.39, 0.29) is 23.3 Å². The van der Waals surface area contributed by atoms with Crippen LogP contribution in [-0.2, 0) is 79.4 Å². The molecule has 0 radical (unpaired) electrons. The molecule has 3 unspecified atom stereocenters. The molecule has 0 aromatic heterocycles. The van der Waals surface area contributed by atoms with Crippen LogP contribution in [0.25, 0.3) is 12.2 Å². The molecular weight excluding hydrogens is 943 g/mol. The summed E-state index contributed by atoms with van der Waals surface area (Å²) in [4.78, 5) is 27.9. The molecule has 2 aliphatic carbocycles. The fraction of sp³-hybridized carbons (Fsp3) is 0.388. The van der Waals surface area contributed by atoms with Crippen molar-refractivity contribution in [3.8, 4) is 0 Å². The lowest BCUT2D eigenvalue weighted by atomic mass is 9.88. The molecule has 7 rings (SSSR count). The third kappa shape index (κ3) is 15.4. The van der Waals surface area contributed by atoms with Gasteiger partial charge in [-0.25, -0.2) is 15.1 Å². The van der Waals surface area contributed by atoms with Crippen LogP contribution in [0.1, 0.15) is 124 Å². The first-order valence-corrected chi connectivity index (χ1v) is 21.6. The van der Waals surface area contributed by atoms with Gasteiger partial charge in [0, 0.05) is 25.2 Å². The Labute approximate surface area is 387 Å². The summed E-state index contributed by atoms with van der Waals surface area (Å²) in [5, 5.41) is 8.73. The van der Waals surface area contributed by atoms with E-state index in [2.05, 4.69) is 5.48 Å². The topological polar surface area (TPSA) is 103 Å². The van der Waals surface area contributed by atoms with Gasteiger partial charge in [-0.05, 0) is 144 Å². The lowest BCUT2D eigenvalue weighted by Crippen LogP contribution is -2.32. The van der Waals surface area contributed by atoms with Crippen LogP contribution in [0.2, 0.25) is 0 Å². The summed E-state index contributed by atoms with van der Waals surface area (Å²) < 4.78 is 174. The molecule has 2 N–H and O–H groups in total. The normalized spacial score (nSPS) is 18.9. The first-order chi connectivity index (χ1) is 32.4. The number of carbonyl (C=O) groups is 2. The highest BCUT2D eigenvalue weighted by Gasteiger charge is 2.38. The van der Waals surface area contributed by atoms with Gasteiger partial charge in [0.1, 0.15) is 0 Å². The number of aliphatic carboxylic acids is 1. The quantitative estimate of drug-likeness (QED) is 0.0828. The van der Waals surface area contributed by atoms with E-state index in [1.54, 1.807) is 36.4 Å². The van der Waals surface area contributed by atoms with Crippen LogP contribution in [0.15, 0.2) is 84.9 Å². The number of alkyl halides is 12. The highest BCUT2D eigenvalue weighted by Crippen LogP contribution is 2.40. The Morgan fingerprint density at radius 2 is 1.01 bits per heavy atom. The lowest BCUT2D eigenvalue weighted by molar-refractivity contribution is -0.198. The zero-order valence-electron chi connectivity index (χ0n) is 36.4. The van der Waals surface area contributed by atoms with Crippen molar-refractivity contribution in [1.29, 1.82) is 0 Å². The van der Waals surface area contributed by atoms with Gasteiger partial charge in [-0.15, -0.1) is 0 Å². The van der Waals surface area contributed by atoms with Gasteiger partial charge in [0.15, 0.2) is 6.29 Å². The first kappa shape index (κ1) is 52.7. The molecule has 1 saturated heterocycles. The Hall–Kier alpha value is -5.70. The Balaban J connectivity index is 0.000000232. The van der Waals surface area contributed by atoms with Gasteiger partial charge < -0.3 is 19.3 Å².